The van der Waals surface area contributed by atoms with E-state index in [1.165, 1.54) is 16.6 Å². The average Bonchev–Trinajstić information content (AvgIpc) is 3.16. The minimum atomic E-state index is -0.0575. The van der Waals surface area contributed by atoms with Gasteiger partial charge in [-0.25, -0.2) is 4.98 Å². The lowest BCUT2D eigenvalue weighted by Gasteiger charge is -2.10. The van der Waals surface area contributed by atoms with Crippen molar-refractivity contribution in [3.05, 3.63) is 53.2 Å². The largest absolute Gasteiger partial charge is 0.473 e. The number of esters is 1. The zero-order valence-electron chi connectivity index (χ0n) is 14.0. The summed E-state index contributed by atoms with van der Waals surface area (Å²) < 4.78 is 11.0. The number of hydrogen-bond acceptors (Lipinski definition) is 4. The lowest BCUT2D eigenvalue weighted by Crippen LogP contribution is -2.11. The summed E-state index contributed by atoms with van der Waals surface area (Å²) in [5.74, 6) is 1.34. The first-order valence-corrected chi connectivity index (χ1v) is 8.51. The molecule has 0 N–H and O–H groups in total. The standard InChI is InChI=1S/C19H20BNO3/c1-2-23-19(22)18-14-7-12-8-16(21-9-15(12)17(14)18)24-10-11-4-3-5-13(20)6-11/h3-6,8-9,14,17-18H,2,7,10,20H2,1H3/t14-,17-,18+/m1/s1. The van der Waals surface area contributed by atoms with Gasteiger partial charge in [-0.05, 0) is 36.0 Å². The highest BCUT2D eigenvalue weighted by Crippen LogP contribution is 2.61. The third-order valence-corrected chi connectivity index (χ3v) is 5.01. The fourth-order valence-electron chi connectivity index (χ4n) is 3.87. The van der Waals surface area contributed by atoms with Crippen molar-refractivity contribution < 1.29 is 14.3 Å². The summed E-state index contributed by atoms with van der Waals surface area (Å²) in [5.41, 5.74) is 4.83. The lowest BCUT2D eigenvalue weighted by molar-refractivity contribution is -0.145. The molecule has 0 amide bonds. The van der Waals surface area contributed by atoms with Crippen molar-refractivity contribution in [3.63, 3.8) is 0 Å². The summed E-state index contributed by atoms with van der Waals surface area (Å²) in [6, 6.07) is 10.3. The predicted octanol–water partition coefficient (Wildman–Crippen LogP) is 1.37. The Morgan fingerprint density at radius 3 is 3.04 bits per heavy atom. The number of fused-ring (bicyclic) bond motifs is 3. The SMILES string of the molecule is Bc1cccc(COc2cc3c(cn2)[C@H]2[C@@H](C3)[C@@H]2C(=O)OCC)c1. The number of ether oxygens (including phenoxy) is 2. The molecular weight excluding hydrogens is 301 g/mol. The molecule has 1 saturated carbocycles. The molecule has 0 unspecified atom stereocenters. The highest BCUT2D eigenvalue weighted by atomic mass is 16.5. The van der Waals surface area contributed by atoms with Gasteiger partial charge in [0.15, 0.2) is 0 Å². The number of hydrogen-bond donors (Lipinski definition) is 0. The van der Waals surface area contributed by atoms with Crippen LogP contribution in [0.25, 0.3) is 0 Å². The molecule has 0 saturated heterocycles. The van der Waals surface area contributed by atoms with Crippen LogP contribution in [-0.4, -0.2) is 25.4 Å². The Labute approximate surface area is 142 Å². The molecule has 1 aromatic carbocycles. The first-order valence-electron chi connectivity index (χ1n) is 8.51. The molecule has 0 bridgehead atoms. The van der Waals surface area contributed by atoms with E-state index >= 15 is 0 Å². The normalized spacial score (nSPS) is 23.3. The van der Waals surface area contributed by atoms with Crippen LogP contribution in [0.15, 0.2) is 36.5 Å². The second-order valence-corrected chi connectivity index (χ2v) is 6.67. The zero-order valence-corrected chi connectivity index (χ0v) is 14.0. The Hall–Kier alpha value is -2.30. The molecule has 1 fully saturated rings. The van der Waals surface area contributed by atoms with Crippen LogP contribution in [0.5, 0.6) is 5.88 Å². The summed E-state index contributed by atoms with van der Waals surface area (Å²) >= 11 is 0. The van der Waals surface area contributed by atoms with Crippen LogP contribution in [0, 0.1) is 11.8 Å². The van der Waals surface area contributed by atoms with Gasteiger partial charge in [0.25, 0.3) is 0 Å². The van der Waals surface area contributed by atoms with Crippen molar-refractivity contribution >= 4 is 19.3 Å². The topological polar surface area (TPSA) is 48.4 Å². The highest BCUT2D eigenvalue weighted by molar-refractivity contribution is 6.32. The summed E-state index contributed by atoms with van der Waals surface area (Å²) in [4.78, 5) is 16.3. The van der Waals surface area contributed by atoms with Crippen molar-refractivity contribution in [1.82, 2.24) is 4.98 Å². The molecule has 4 rings (SSSR count). The number of pyridine rings is 1. The molecule has 2 aromatic rings. The molecule has 1 heterocycles. The maximum Gasteiger partial charge on any atom is 0.309 e. The minimum absolute atomic E-state index is 0.0401. The molecule has 0 radical (unpaired) electrons. The molecule has 2 aliphatic rings. The van der Waals surface area contributed by atoms with Crippen molar-refractivity contribution in [1.29, 1.82) is 0 Å². The van der Waals surface area contributed by atoms with Gasteiger partial charge in [0.1, 0.15) is 14.5 Å². The van der Waals surface area contributed by atoms with E-state index in [0.29, 0.717) is 30.9 Å². The number of rotatable bonds is 5. The maximum atomic E-state index is 11.9. The Morgan fingerprint density at radius 1 is 1.38 bits per heavy atom. The van der Waals surface area contributed by atoms with E-state index < -0.39 is 0 Å². The summed E-state index contributed by atoms with van der Waals surface area (Å²) in [5, 5.41) is 0. The van der Waals surface area contributed by atoms with Crippen molar-refractivity contribution in [3.8, 4) is 5.88 Å². The van der Waals surface area contributed by atoms with Crippen LogP contribution in [0.1, 0.15) is 29.5 Å². The number of benzene rings is 1. The van der Waals surface area contributed by atoms with Crippen molar-refractivity contribution in [2.75, 3.05) is 6.61 Å². The van der Waals surface area contributed by atoms with E-state index in [4.69, 9.17) is 9.47 Å². The molecule has 4 nitrogen and oxygen atoms in total. The Kier molecular flexibility index (Phi) is 3.79. The van der Waals surface area contributed by atoms with Gasteiger partial charge in [0.2, 0.25) is 5.88 Å². The fourth-order valence-corrected chi connectivity index (χ4v) is 3.87. The molecule has 0 spiro atoms. The van der Waals surface area contributed by atoms with E-state index in [1.807, 2.05) is 25.3 Å². The number of carbonyl (C=O) groups excluding carboxylic acids is 1. The van der Waals surface area contributed by atoms with Crippen LogP contribution >= 0.6 is 0 Å². The summed E-state index contributed by atoms with van der Waals surface area (Å²) in [6.07, 6.45) is 2.80. The van der Waals surface area contributed by atoms with Gasteiger partial charge in [0.05, 0.1) is 12.5 Å². The lowest BCUT2D eigenvalue weighted by atomic mass is 9.95. The quantitative estimate of drug-likeness (QED) is 0.616. The molecular formula is C19H20BNO3. The summed E-state index contributed by atoms with van der Waals surface area (Å²) in [6.45, 7) is 2.82. The second-order valence-electron chi connectivity index (χ2n) is 6.67. The molecule has 122 valence electrons. The zero-order chi connectivity index (χ0) is 16.7. The first kappa shape index (κ1) is 15.2. The van der Waals surface area contributed by atoms with Crippen LogP contribution in [0.2, 0.25) is 0 Å². The van der Waals surface area contributed by atoms with E-state index in [-0.39, 0.29) is 11.9 Å². The van der Waals surface area contributed by atoms with Gasteiger partial charge >= 0.3 is 5.97 Å². The van der Waals surface area contributed by atoms with Crippen molar-refractivity contribution in [2.45, 2.75) is 25.9 Å². The Morgan fingerprint density at radius 2 is 2.25 bits per heavy atom. The molecule has 3 atom stereocenters. The van der Waals surface area contributed by atoms with Gasteiger partial charge in [-0.15, -0.1) is 0 Å². The van der Waals surface area contributed by atoms with Crippen LogP contribution in [-0.2, 0) is 22.6 Å². The third-order valence-electron chi connectivity index (χ3n) is 5.01. The van der Waals surface area contributed by atoms with Gasteiger partial charge < -0.3 is 9.47 Å². The minimum Gasteiger partial charge on any atom is -0.473 e. The number of aromatic nitrogens is 1. The third kappa shape index (κ3) is 2.68. The maximum absolute atomic E-state index is 11.9. The van der Waals surface area contributed by atoms with E-state index in [9.17, 15) is 4.79 Å². The molecule has 24 heavy (non-hydrogen) atoms. The number of nitrogens with zero attached hydrogens (tertiary/aromatic N) is 1. The summed E-state index contributed by atoms with van der Waals surface area (Å²) in [7, 11) is 2.07. The molecule has 0 aliphatic heterocycles. The van der Waals surface area contributed by atoms with Crippen LogP contribution < -0.4 is 10.2 Å². The average molecular weight is 321 g/mol. The van der Waals surface area contributed by atoms with E-state index in [1.54, 1.807) is 0 Å². The van der Waals surface area contributed by atoms with E-state index in [0.717, 1.165) is 12.0 Å². The molecule has 5 heteroatoms. The number of carbonyl (C=O) groups is 1. The van der Waals surface area contributed by atoms with Gasteiger partial charge in [-0.2, -0.15) is 0 Å². The van der Waals surface area contributed by atoms with Crippen molar-refractivity contribution in [2.24, 2.45) is 11.8 Å². The van der Waals surface area contributed by atoms with E-state index in [2.05, 4.69) is 31.0 Å². The Balaban J connectivity index is 1.42. The molecule has 1 aromatic heterocycles. The smallest absolute Gasteiger partial charge is 0.309 e. The Bertz CT molecular complexity index is 792. The monoisotopic (exact) mass is 321 g/mol. The van der Waals surface area contributed by atoms with Gasteiger partial charge in [0, 0.05) is 18.2 Å². The highest BCUT2D eigenvalue weighted by Gasteiger charge is 2.60. The fraction of sp³-hybridized carbons (Fsp3) is 0.368. The first-order chi connectivity index (χ1) is 11.7. The van der Waals surface area contributed by atoms with Gasteiger partial charge in [-0.3, -0.25) is 4.79 Å². The van der Waals surface area contributed by atoms with Crippen LogP contribution in [0.4, 0.5) is 0 Å². The van der Waals surface area contributed by atoms with Crippen LogP contribution in [0.3, 0.4) is 0 Å². The predicted molar refractivity (Wildman–Crippen MR) is 93.2 cm³/mol. The second kappa shape index (κ2) is 5.97. The van der Waals surface area contributed by atoms with Gasteiger partial charge in [-0.1, -0.05) is 29.7 Å². The molecule has 2 aliphatic carbocycles.